The first-order chi connectivity index (χ1) is 7.22. The number of piperazine rings is 1. The summed E-state index contributed by atoms with van der Waals surface area (Å²) in [6.07, 6.45) is 1.22. The SMILES string of the molecule is C[C@@H]1NCC[C@@H]1N1CCN(C)C[C@H]1CO.Cl.Cl. The smallest absolute Gasteiger partial charge is 0.0599 e. The third kappa shape index (κ3) is 3.94. The molecule has 0 radical (unpaired) electrons. The van der Waals surface area contributed by atoms with Gasteiger partial charge in [-0.25, -0.2) is 0 Å². The Balaban J connectivity index is 0.00000128. The largest absolute Gasteiger partial charge is 0.395 e. The first kappa shape index (κ1) is 17.4. The molecule has 2 aliphatic rings. The van der Waals surface area contributed by atoms with Crippen LogP contribution in [0.1, 0.15) is 13.3 Å². The van der Waals surface area contributed by atoms with Gasteiger partial charge in [-0.3, -0.25) is 4.90 Å². The summed E-state index contributed by atoms with van der Waals surface area (Å²) < 4.78 is 0. The Morgan fingerprint density at radius 3 is 2.53 bits per heavy atom. The molecule has 2 aliphatic heterocycles. The molecule has 2 saturated heterocycles. The summed E-state index contributed by atoms with van der Waals surface area (Å²) in [5, 5.41) is 12.9. The van der Waals surface area contributed by atoms with E-state index in [9.17, 15) is 5.11 Å². The first-order valence-electron chi connectivity index (χ1n) is 6.01. The number of nitrogens with one attached hydrogen (secondary N) is 1. The molecule has 0 bridgehead atoms. The summed E-state index contributed by atoms with van der Waals surface area (Å²) in [4.78, 5) is 4.81. The molecule has 2 rings (SSSR count). The number of nitrogens with zero attached hydrogens (tertiary/aromatic N) is 2. The van der Waals surface area contributed by atoms with Crippen molar-refractivity contribution in [2.24, 2.45) is 0 Å². The van der Waals surface area contributed by atoms with Gasteiger partial charge in [-0.05, 0) is 26.9 Å². The molecule has 0 aliphatic carbocycles. The van der Waals surface area contributed by atoms with Crippen molar-refractivity contribution in [3.8, 4) is 0 Å². The van der Waals surface area contributed by atoms with Gasteiger partial charge in [-0.15, -0.1) is 24.8 Å². The number of aliphatic hydroxyl groups excluding tert-OH is 1. The lowest BCUT2D eigenvalue weighted by Crippen LogP contribution is -2.58. The van der Waals surface area contributed by atoms with Crippen molar-refractivity contribution in [2.45, 2.75) is 31.5 Å². The van der Waals surface area contributed by atoms with Crippen LogP contribution in [0.4, 0.5) is 0 Å². The van der Waals surface area contributed by atoms with E-state index in [0.717, 1.165) is 26.2 Å². The molecule has 3 atom stereocenters. The van der Waals surface area contributed by atoms with E-state index in [2.05, 4.69) is 29.1 Å². The molecule has 0 aromatic rings. The molecule has 0 unspecified atom stereocenters. The fourth-order valence-corrected chi connectivity index (χ4v) is 2.92. The van der Waals surface area contributed by atoms with Gasteiger partial charge < -0.3 is 15.3 Å². The predicted molar refractivity (Wildman–Crippen MR) is 75.4 cm³/mol. The number of hydrogen-bond donors (Lipinski definition) is 2. The van der Waals surface area contributed by atoms with Crippen molar-refractivity contribution in [3.05, 3.63) is 0 Å². The van der Waals surface area contributed by atoms with Crippen LogP contribution in [0, 0.1) is 0 Å². The van der Waals surface area contributed by atoms with Crippen LogP contribution in [-0.4, -0.2) is 72.9 Å². The maximum atomic E-state index is 9.44. The van der Waals surface area contributed by atoms with Gasteiger partial charge in [-0.1, -0.05) is 0 Å². The van der Waals surface area contributed by atoms with Crippen LogP contribution >= 0.6 is 24.8 Å². The third-order valence-electron chi connectivity index (χ3n) is 3.85. The third-order valence-corrected chi connectivity index (χ3v) is 3.85. The molecule has 17 heavy (non-hydrogen) atoms. The van der Waals surface area contributed by atoms with Crippen molar-refractivity contribution in [2.75, 3.05) is 39.8 Å². The molecule has 2 fully saturated rings. The van der Waals surface area contributed by atoms with Crippen LogP contribution in [-0.2, 0) is 0 Å². The van der Waals surface area contributed by atoms with Gasteiger partial charge in [0.1, 0.15) is 0 Å². The Morgan fingerprint density at radius 2 is 2.00 bits per heavy atom. The van der Waals surface area contributed by atoms with Crippen molar-refractivity contribution in [1.82, 2.24) is 15.1 Å². The standard InChI is InChI=1S/C11H23N3O.2ClH/c1-9-11(3-4-12-9)14-6-5-13(2)7-10(14)8-15;;/h9-12,15H,3-8H2,1-2H3;2*1H/t9-,10-,11-;;/m0../s1. The predicted octanol–water partition coefficient (Wildman–Crippen LogP) is 0.189. The highest BCUT2D eigenvalue weighted by Crippen LogP contribution is 2.20. The molecule has 2 N–H and O–H groups in total. The summed E-state index contributed by atoms with van der Waals surface area (Å²) in [7, 11) is 2.14. The number of likely N-dealkylation sites (N-methyl/N-ethyl adjacent to an activating group) is 1. The minimum atomic E-state index is 0. The van der Waals surface area contributed by atoms with Crippen molar-refractivity contribution in [1.29, 1.82) is 0 Å². The van der Waals surface area contributed by atoms with E-state index in [1.54, 1.807) is 0 Å². The summed E-state index contributed by atoms with van der Waals surface area (Å²) in [6, 6.07) is 1.52. The van der Waals surface area contributed by atoms with Crippen LogP contribution < -0.4 is 5.32 Å². The molecular weight excluding hydrogens is 261 g/mol. The maximum Gasteiger partial charge on any atom is 0.0599 e. The number of halogens is 2. The normalized spacial score (nSPS) is 35.1. The van der Waals surface area contributed by atoms with Crippen molar-refractivity contribution >= 4 is 24.8 Å². The fraction of sp³-hybridized carbons (Fsp3) is 1.00. The van der Waals surface area contributed by atoms with Crippen LogP contribution in [0.5, 0.6) is 0 Å². The Morgan fingerprint density at radius 1 is 1.29 bits per heavy atom. The molecule has 0 aromatic carbocycles. The molecule has 0 aromatic heterocycles. The van der Waals surface area contributed by atoms with Crippen LogP contribution in [0.25, 0.3) is 0 Å². The second-order valence-corrected chi connectivity index (χ2v) is 4.94. The summed E-state index contributed by atoms with van der Waals surface area (Å²) in [6.45, 7) is 6.88. The Bertz CT molecular complexity index is 221. The highest BCUT2D eigenvalue weighted by Gasteiger charge is 2.35. The lowest BCUT2D eigenvalue weighted by molar-refractivity contribution is 0.0187. The summed E-state index contributed by atoms with van der Waals surface area (Å²) >= 11 is 0. The van der Waals surface area contributed by atoms with Crippen molar-refractivity contribution in [3.63, 3.8) is 0 Å². The van der Waals surface area contributed by atoms with Gasteiger partial charge in [0.05, 0.1) is 6.61 Å². The van der Waals surface area contributed by atoms with E-state index in [1.165, 1.54) is 6.42 Å². The van der Waals surface area contributed by atoms with E-state index in [1.807, 2.05) is 0 Å². The number of hydrogen-bond acceptors (Lipinski definition) is 4. The zero-order valence-electron chi connectivity index (χ0n) is 10.6. The molecular formula is C11H25Cl2N3O. The average Bonchev–Trinajstić information content (AvgIpc) is 2.64. The minimum Gasteiger partial charge on any atom is -0.395 e. The molecule has 0 saturated carbocycles. The maximum absolute atomic E-state index is 9.44. The van der Waals surface area contributed by atoms with Gasteiger partial charge in [-0.2, -0.15) is 0 Å². The highest BCUT2D eigenvalue weighted by molar-refractivity contribution is 5.85. The average molecular weight is 286 g/mol. The molecule has 2 heterocycles. The van der Waals surface area contributed by atoms with E-state index in [0.29, 0.717) is 18.1 Å². The first-order valence-corrected chi connectivity index (χ1v) is 6.01. The van der Waals surface area contributed by atoms with Crippen LogP contribution in [0.2, 0.25) is 0 Å². The zero-order chi connectivity index (χ0) is 10.8. The number of aliphatic hydroxyl groups is 1. The van der Waals surface area contributed by atoms with E-state index in [4.69, 9.17) is 0 Å². The minimum absolute atomic E-state index is 0. The van der Waals surface area contributed by atoms with Gasteiger partial charge in [0, 0.05) is 37.8 Å². The Labute approximate surface area is 117 Å². The van der Waals surface area contributed by atoms with Gasteiger partial charge in [0.25, 0.3) is 0 Å². The van der Waals surface area contributed by atoms with E-state index in [-0.39, 0.29) is 31.4 Å². The van der Waals surface area contributed by atoms with Crippen LogP contribution in [0.15, 0.2) is 0 Å². The van der Waals surface area contributed by atoms with Gasteiger partial charge in [0.15, 0.2) is 0 Å². The topological polar surface area (TPSA) is 38.7 Å². The monoisotopic (exact) mass is 285 g/mol. The number of rotatable bonds is 2. The Kier molecular flexibility index (Phi) is 7.96. The highest BCUT2D eigenvalue weighted by atomic mass is 35.5. The van der Waals surface area contributed by atoms with Gasteiger partial charge >= 0.3 is 0 Å². The second kappa shape index (κ2) is 7.77. The van der Waals surface area contributed by atoms with Gasteiger partial charge in [0.2, 0.25) is 0 Å². The molecule has 0 amide bonds. The van der Waals surface area contributed by atoms with Crippen molar-refractivity contribution < 1.29 is 5.11 Å². The molecule has 0 spiro atoms. The zero-order valence-corrected chi connectivity index (χ0v) is 12.3. The summed E-state index contributed by atoms with van der Waals surface area (Å²) in [5.41, 5.74) is 0. The lowest BCUT2D eigenvalue weighted by atomic mass is 10.0. The molecule has 4 nitrogen and oxygen atoms in total. The lowest BCUT2D eigenvalue weighted by Gasteiger charge is -2.43. The quantitative estimate of drug-likeness (QED) is 0.760. The Hall–Kier alpha value is 0.420. The molecule has 104 valence electrons. The van der Waals surface area contributed by atoms with E-state index < -0.39 is 0 Å². The second-order valence-electron chi connectivity index (χ2n) is 4.94. The fourth-order valence-electron chi connectivity index (χ4n) is 2.92. The van der Waals surface area contributed by atoms with E-state index >= 15 is 0 Å². The van der Waals surface area contributed by atoms with Crippen LogP contribution in [0.3, 0.4) is 0 Å². The summed E-state index contributed by atoms with van der Waals surface area (Å²) in [5.74, 6) is 0. The molecule has 6 heteroatoms.